The van der Waals surface area contributed by atoms with Gasteiger partial charge in [-0.1, -0.05) is 36.3 Å². The van der Waals surface area contributed by atoms with Crippen LogP contribution in [-0.4, -0.2) is 39.9 Å². The average molecular weight is 501 g/mol. The van der Waals surface area contributed by atoms with Crippen molar-refractivity contribution in [3.8, 4) is 0 Å². The number of ether oxygens (including phenoxy) is 1. The number of H-pyrrole nitrogens is 1. The Morgan fingerprint density at radius 3 is 2.54 bits per heavy atom. The SMILES string of the molecule is C[C@H]1C[C@]1(c1noc(=O)[nH]1)n1c(C(=O)N(C)c2ccccc2)cc2cc([C@H]3CCOC(C)(C)C3)ccc21. The maximum Gasteiger partial charge on any atom is 0.438 e. The highest BCUT2D eigenvalue weighted by molar-refractivity contribution is 6.08. The van der Waals surface area contributed by atoms with Gasteiger partial charge in [0.15, 0.2) is 5.82 Å². The van der Waals surface area contributed by atoms with Crippen LogP contribution in [0.1, 0.15) is 67.8 Å². The van der Waals surface area contributed by atoms with Crippen molar-refractivity contribution in [3.05, 3.63) is 82.2 Å². The van der Waals surface area contributed by atoms with E-state index in [-0.39, 0.29) is 17.4 Å². The molecule has 0 radical (unpaired) electrons. The molecule has 1 saturated carbocycles. The molecule has 37 heavy (non-hydrogen) atoms. The molecule has 6 rings (SSSR count). The van der Waals surface area contributed by atoms with Gasteiger partial charge in [-0.05, 0) is 80.8 Å². The van der Waals surface area contributed by atoms with Crippen LogP contribution in [0.2, 0.25) is 0 Å². The summed E-state index contributed by atoms with van der Waals surface area (Å²) >= 11 is 0. The van der Waals surface area contributed by atoms with Gasteiger partial charge in [-0.3, -0.25) is 14.3 Å². The minimum atomic E-state index is -0.654. The number of carbonyl (C=O) groups is 1. The third-order valence-electron chi connectivity index (χ3n) is 8.18. The van der Waals surface area contributed by atoms with E-state index < -0.39 is 11.3 Å². The van der Waals surface area contributed by atoms with Crippen molar-refractivity contribution in [3.63, 3.8) is 0 Å². The maximum absolute atomic E-state index is 14.0. The van der Waals surface area contributed by atoms with Crippen LogP contribution in [-0.2, 0) is 10.3 Å². The van der Waals surface area contributed by atoms with Gasteiger partial charge >= 0.3 is 5.76 Å². The normalized spacial score (nSPS) is 24.8. The number of nitrogens with zero attached hydrogens (tertiary/aromatic N) is 3. The summed E-state index contributed by atoms with van der Waals surface area (Å²) in [5.74, 6) is 0.287. The lowest BCUT2D eigenvalue weighted by Gasteiger charge is -2.35. The molecule has 1 aliphatic heterocycles. The molecule has 2 aromatic heterocycles. The summed E-state index contributed by atoms with van der Waals surface area (Å²) in [6, 6.07) is 18.1. The van der Waals surface area contributed by atoms with Gasteiger partial charge in [0.1, 0.15) is 11.2 Å². The highest BCUT2D eigenvalue weighted by atomic mass is 16.5. The topological polar surface area (TPSA) is 93.4 Å². The smallest absolute Gasteiger partial charge is 0.376 e. The highest BCUT2D eigenvalue weighted by Gasteiger charge is 2.59. The molecule has 1 aliphatic carbocycles. The monoisotopic (exact) mass is 500 g/mol. The van der Waals surface area contributed by atoms with E-state index in [4.69, 9.17) is 9.26 Å². The Morgan fingerprint density at radius 1 is 1.14 bits per heavy atom. The zero-order valence-electron chi connectivity index (χ0n) is 21.7. The van der Waals surface area contributed by atoms with Crippen LogP contribution in [0.5, 0.6) is 0 Å². The summed E-state index contributed by atoms with van der Waals surface area (Å²) < 4.78 is 12.9. The fraction of sp³-hybridized carbons (Fsp3) is 0.414. The molecule has 3 heterocycles. The Kier molecular flexibility index (Phi) is 5.42. The Morgan fingerprint density at radius 2 is 1.89 bits per heavy atom. The van der Waals surface area contributed by atoms with Crippen molar-refractivity contribution in [2.45, 2.75) is 57.1 Å². The van der Waals surface area contributed by atoms with Gasteiger partial charge in [0.2, 0.25) is 0 Å². The molecule has 1 N–H and O–H groups in total. The van der Waals surface area contributed by atoms with Crippen LogP contribution in [0, 0.1) is 5.92 Å². The molecule has 1 saturated heterocycles. The quantitative estimate of drug-likeness (QED) is 0.414. The maximum atomic E-state index is 14.0. The van der Waals surface area contributed by atoms with Gasteiger partial charge in [0.05, 0.1) is 5.60 Å². The van der Waals surface area contributed by atoms with E-state index >= 15 is 0 Å². The van der Waals surface area contributed by atoms with Crippen molar-refractivity contribution in [2.24, 2.45) is 5.92 Å². The molecule has 192 valence electrons. The van der Waals surface area contributed by atoms with Crippen LogP contribution in [0.3, 0.4) is 0 Å². The van der Waals surface area contributed by atoms with Gasteiger partial charge < -0.3 is 14.2 Å². The number of nitrogens with one attached hydrogen (secondary N) is 1. The van der Waals surface area contributed by atoms with E-state index in [2.05, 4.69) is 53.7 Å². The number of hydrogen-bond donors (Lipinski definition) is 1. The Hall–Kier alpha value is -3.65. The van der Waals surface area contributed by atoms with Gasteiger partial charge in [0.25, 0.3) is 5.91 Å². The number of aromatic nitrogens is 3. The molecule has 4 aromatic rings. The number of carbonyl (C=O) groups excluding carboxylic acids is 1. The van der Waals surface area contributed by atoms with Gasteiger partial charge in [0, 0.05) is 30.2 Å². The minimum absolute atomic E-state index is 0.125. The third kappa shape index (κ3) is 3.91. The second-order valence-corrected chi connectivity index (χ2v) is 11.2. The zero-order valence-corrected chi connectivity index (χ0v) is 21.7. The molecule has 2 aliphatic rings. The number of benzene rings is 2. The van der Waals surface area contributed by atoms with Crippen LogP contribution in [0.25, 0.3) is 10.9 Å². The van der Waals surface area contributed by atoms with Crippen LogP contribution >= 0.6 is 0 Å². The fourth-order valence-corrected chi connectivity index (χ4v) is 6.10. The predicted molar refractivity (Wildman–Crippen MR) is 141 cm³/mol. The first-order valence-corrected chi connectivity index (χ1v) is 12.9. The van der Waals surface area contributed by atoms with E-state index in [0.717, 1.165) is 42.5 Å². The summed E-state index contributed by atoms with van der Waals surface area (Å²) in [5, 5.41) is 5.07. The zero-order chi connectivity index (χ0) is 25.9. The standard InChI is InChI=1S/C29H32N4O4/c1-18-16-29(18,26-30-27(35)37-31-26)33-23-11-10-19(20-12-13-36-28(2,3)17-20)14-21(23)15-24(33)25(34)32(4)22-8-6-5-7-9-22/h5-11,14-15,18,20H,12-13,16-17H2,1-4H3,(H,30,31,35)/t18-,20-,29-/m0/s1. The summed E-state index contributed by atoms with van der Waals surface area (Å²) in [5.41, 5.74) is 2.74. The molecular formula is C29H32N4O4. The lowest BCUT2D eigenvalue weighted by molar-refractivity contribution is -0.0592. The van der Waals surface area contributed by atoms with E-state index in [1.165, 1.54) is 5.56 Å². The number of anilines is 1. The molecule has 2 aromatic carbocycles. The van der Waals surface area contributed by atoms with Crippen molar-refractivity contribution >= 4 is 22.5 Å². The van der Waals surface area contributed by atoms with Gasteiger partial charge in [-0.15, -0.1) is 0 Å². The fourth-order valence-electron chi connectivity index (χ4n) is 6.10. The summed E-state index contributed by atoms with van der Waals surface area (Å²) in [4.78, 5) is 30.3. The highest BCUT2D eigenvalue weighted by Crippen LogP contribution is 2.56. The Labute approximate surface area is 215 Å². The first-order valence-electron chi connectivity index (χ1n) is 12.9. The summed E-state index contributed by atoms with van der Waals surface area (Å²) in [6.07, 6.45) is 2.66. The van der Waals surface area contributed by atoms with Crippen molar-refractivity contribution in [1.29, 1.82) is 0 Å². The van der Waals surface area contributed by atoms with E-state index in [1.54, 1.807) is 11.9 Å². The van der Waals surface area contributed by atoms with Crippen molar-refractivity contribution in [2.75, 3.05) is 18.6 Å². The molecule has 3 atom stereocenters. The third-order valence-corrected chi connectivity index (χ3v) is 8.18. The van der Waals surface area contributed by atoms with Crippen LogP contribution in [0.4, 0.5) is 5.69 Å². The molecule has 1 amide bonds. The Bertz CT molecular complexity index is 1530. The predicted octanol–water partition coefficient (Wildman–Crippen LogP) is 5.05. The van der Waals surface area contributed by atoms with Crippen molar-refractivity contribution < 1.29 is 14.1 Å². The Balaban J connectivity index is 1.51. The number of amides is 1. The number of aromatic amines is 1. The van der Waals surface area contributed by atoms with E-state index in [1.807, 2.05) is 36.4 Å². The van der Waals surface area contributed by atoms with Crippen molar-refractivity contribution in [1.82, 2.24) is 14.7 Å². The van der Waals surface area contributed by atoms with Gasteiger partial charge in [-0.25, -0.2) is 4.79 Å². The molecule has 2 fully saturated rings. The van der Waals surface area contributed by atoms with Crippen LogP contribution in [0.15, 0.2) is 63.9 Å². The second kappa shape index (κ2) is 8.45. The molecule has 8 heteroatoms. The summed E-state index contributed by atoms with van der Waals surface area (Å²) in [7, 11) is 1.79. The molecule has 0 spiro atoms. The van der Waals surface area contributed by atoms with E-state index in [9.17, 15) is 9.59 Å². The van der Waals surface area contributed by atoms with E-state index in [0.29, 0.717) is 17.4 Å². The first kappa shape index (κ1) is 23.7. The second-order valence-electron chi connectivity index (χ2n) is 11.2. The molecule has 0 unspecified atom stereocenters. The number of fused-ring (bicyclic) bond motifs is 1. The van der Waals surface area contributed by atoms with Crippen LogP contribution < -0.4 is 10.7 Å². The largest absolute Gasteiger partial charge is 0.438 e. The lowest BCUT2D eigenvalue weighted by atomic mass is 9.83. The lowest BCUT2D eigenvalue weighted by Crippen LogP contribution is -2.33. The number of rotatable bonds is 5. The molecule has 8 nitrogen and oxygen atoms in total. The number of hydrogen-bond acceptors (Lipinski definition) is 5. The number of para-hydroxylation sites is 1. The average Bonchev–Trinajstić information content (AvgIpc) is 3.19. The molecular weight excluding hydrogens is 468 g/mol. The minimum Gasteiger partial charge on any atom is -0.376 e. The molecule has 0 bridgehead atoms. The first-order chi connectivity index (χ1) is 17.7. The van der Waals surface area contributed by atoms with Gasteiger partial charge in [-0.2, -0.15) is 0 Å². The summed E-state index contributed by atoms with van der Waals surface area (Å²) in [6.45, 7) is 7.12.